The minimum absolute atomic E-state index is 0.0188. The van der Waals surface area contributed by atoms with Crippen molar-refractivity contribution in [3.05, 3.63) is 52.8 Å². The molecule has 0 spiro atoms. The average molecular weight is 385 g/mol. The lowest BCUT2D eigenvalue weighted by molar-refractivity contribution is -0.170. The minimum Gasteiger partial charge on any atom is -0.378 e. The number of carbonyl (C=O) groups is 1. The number of nitrogens with one attached hydrogen (secondary N) is 1. The Balaban J connectivity index is 1.67. The Hall–Kier alpha value is -2.18. The zero-order valence-corrected chi connectivity index (χ0v) is 17.6. The molecule has 1 aliphatic carbocycles. The van der Waals surface area contributed by atoms with E-state index in [0.29, 0.717) is 26.1 Å². The van der Waals surface area contributed by atoms with Crippen LogP contribution >= 0.6 is 0 Å². The van der Waals surface area contributed by atoms with E-state index >= 15 is 0 Å². The fourth-order valence-corrected chi connectivity index (χ4v) is 4.05. The number of amides is 1. The largest absolute Gasteiger partial charge is 0.378 e. The van der Waals surface area contributed by atoms with Crippen LogP contribution in [0.25, 0.3) is 0 Å². The molecule has 0 aliphatic heterocycles. The van der Waals surface area contributed by atoms with Gasteiger partial charge < -0.3 is 15.8 Å². The maximum atomic E-state index is 12.9. The normalized spacial score (nSPS) is 23.3. The second kappa shape index (κ2) is 7.68. The number of benzene rings is 1. The van der Waals surface area contributed by atoms with Crippen LogP contribution in [0.3, 0.4) is 0 Å². The van der Waals surface area contributed by atoms with E-state index in [-0.39, 0.29) is 12.0 Å². The summed E-state index contributed by atoms with van der Waals surface area (Å²) in [6.07, 6.45) is 0.565. The molecule has 152 valence electrons. The fraction of sp³-hybridized carbons (Fsp3) is 0.545. The van der Waals surface area contributed by atoms with Crippen LogP contribution < -0.4 is 11.1 Å². The van der Waals surface area contributed by atoms with Crippen molar-refractivity contribution >= 4 is 5.91 Å². The molecule has 0 bridgehead atoms. The average Bonchev–Trinajstić information content (AvgIpc) is 2.93. The molecule has 6 heteroatoms. The summed E-state index contributed by atoms with van der Waals surface area (Å²) in [5, 5.41) is 7.70. The first kappa shape index (κ1) is 20.6. The van der Waals surface area contributed by atoms with Gasteiger partial charge >= 0.3 is 0 Å². The molecule has 1 heterocycles. The van der Waals surface area contributed by atoms with E-state index in [2.05, 4.69) is 22.5 Å². The highest BCUT2D eigenvalue weighted by Gasteiger charge is 2.62. The Morgan fingerprint density at radius 3 is 2.61 bits per heavy atom. The Morgan fingerprint density at radius 1 is 1.32 bits per heavy atom. The van der Waals surface area contributed by atoms with Crippen LogP contribution in [0.15, 0.2) is 30.3 Å². The van der Waals surface area contributed by atoms with E-state index in [1.54, 1.807) is 0 Å². The molecule has 1 fully saturated rings. The summed E-state index contributed by atoms with van der Waals surface area (Å²) >= 11 is 0. The van der Waals surface area contributed by atoms with E-state index in [9.17, 15) is 4.79 Å². The van der Waals surface area contributed by atoms with Gasteiger partial charge in [0, 0.05) is 36.2 Å². The van der Waals surface area contributed by atoms with Crippen molar-refractivity contribution in [2.45, 2.75) is 65.8 Å². The summed E-state index contributed by atoms with van der Waals surface area (Å²) in [6.45, 7) is 11.8. The number of hydrogen-bond acceptors (Lipinski definition) is 4. The van der Waals surface area contributed by atoms with Crippen LogP contribution in [-0.4, -0.2) is 33.9 Å². The first-order valence-corrected chi connectivity index (χ1v) is 9.96. The van der Waals surface area contributed by atoms with Gasteiger partial charge in [-0.25, -0.2) is 0 Å². The molecule has 0 saturated heterocycles. The van der Waals surface area contributed by atoms with Crippen molar-refractivity contribution in [3.63, 3.8) is 0 Å². The van der Waals surface area contributed by atoms with Gasteiger partial charge in [-0.2, -0.15) is 5.10 Å². The molecule has 2 unspecified atom stereocenters. The highest BCUT2D eigenvalue weighted by Crippen LogP contribution is 2.49. The molecule has 1 aliphatic rings. The molecule has 6 nitrogen and oxygen atoms in total. The van der Waals surface area contributed by atoms with Gasteiger partial charge in [0.05, 0.1) is 18.3 Å². The lowest BCUT2D eigenvalue weighted by atomic mass is 9.54. The van der Waals surface area contributed by atoms with Crippen LogP contribution in [0.1, 0.15) is 49.7 Å². The number of aryl methyl sites for hydroxylation is 1. The molecule has 3 N–H and O–H groups in total. The number of rotatable bonds is 7. The Bertz CT molecular complexity index is 844. The predicted molar refractivity (Wildman–Crippen MR) is 110 cm³/mol. The molecule has 1 amide bonds. The van der Waals surface area contributed by atoms with Gasteiger partial charge in [-0.1, -0.05) is 44.2 Å². The highest BCUT2D eigenvalue weighted by molar-refractivity contribution is 5.88. The van der Waals surface area contributed by atoms with Crippen LogP contribution in [0, 0.1) is 19.3 Å². The first-order valence-electron chi connectivity index (χ1n) is 9.96. The predicted octanol–water partition coefficient (Wildman–Crippen LogP) is 2.70. The summed E-state index contributed by atoms with van der Waals surface area (Å²) in [5.41, 5.74) is 9.42. The molecular formula is C22H32N4O2. The van der Waals surface area contributed by atoms with Crippen LogP contribution in [0.4, 0.5) is 0 Å². The van der Waals surface area contributed by atoms with Crippen molar-refractivity contribution < 1.29 is 9.53 Å². The van der Waals surface area contributed by atoms with Crippen LogP contribution in [0.2, 0.25) is 0 Å². The fourth-order valence-electron chi connectivity index (χ4n) is 4.05. The van der Waals surface area contributed by atoms with Crippen LogP contribution in [-0.2, 0) is 22.6 Å². The van der Waals surface area contributed by atoms with Gasteiger partial charge in [-0.3, -0.25) is 9.48 Å². The molecule has 28 heavy (non-hydrogen) atoms. The summed E-state index contributed by atoms with van der Waals surface area (Å²) in [5.74, 6) is -0.122. The van der Waals surface area contributed by atoms with Gasteiger partial charge in [0.2, 0.25) is 5.91 Å². The zero-order valence-electron chi connectivity index (χ0n) is 17.6. The quantitative estimate of drug-likeness (QED) is 0.769. The molecular weight excluding hydrogens is 352 g/mol. The summed E-state index contributed by atoms with van der Waals surface area (Å²) in [4.78, 5) is 12.9. The monoisotopic (exact) mass is 384 g/mol. The van der Waals surface area contributed by atoms with Crippen molar-refractivity contribution in [1.29, 1.82) is 0 Å². The number of aromatic nitrogens is 2. The number of hydrogen-bond donors (Lipinski definition) is 2. The van der Waals surface area contributed by atoms with E-state index in [0.717, 1.165) is 17.0 Å². The van der Waals surface area contributed by atoms with E-state index in [4.69, 9.17) is 10.5 Å². The summed E-state index contributed by atoms with van der Waals surface area (Å²) in [6, 6.07) is 10.2. The third-order valence-corrected chi connectivity index (χ3v) is 6.37. The van der Waals surface area contributed by atoms with Gasteiger partial charge in [0.25, 0.3) is 0 Å². The lowest BCUT2D eigenvalue weighted by Gasteiger charge is -2.57. The van der Waals surface area contributed by atoms with Gasteiger partial charge in [-0.05, 0) is 26.3 Å². The molecule has 0 radical (unpaired) electrons. The number of nitrogens with zero attached hydrogens (tertiary/aromatic N) is 2. The van der Waals surface area contributed by atoms with E-state index in [1.165, 1.54) is 5.56 Å². The highest BCUT2D eigenvalue weighted by atomic mass is 16.5. The number of ether oxygens (including phenoxy) is 1. The lowest BCUT2D eigenvalue weighted by Crippen LogP contribution is -2.75. The van der Waals surface area contributed by atoms with E-state index in [1.807, 2.05) is 57.5 Å². The second-order valence-electron chi connectivity index (χ2n) is 8.32. The first-order chi connectivity index (χ1) is 13.2. The third-order valence-electron chi connectivity index (χ3n) is 6.37. The molecule has 1 aromatic carbocycles. The number of carbonyl (C=O) groups excluding carboxylic acids is 1. The molecule has 3 rings (SSSR count). The topological polar surface area (TPSA) is 82.2 Å². The zero-order chi connectivity index (χ0) is 20.5. The Labute approximate surface area is 167 Å². The van der Waals surface area contributed by atoms with Gasteiger partial charge in [0.1, 0.15) is 5.54 Å². The maximum Gasteiger partial charge on any atom is 0.241 e. The van der Waals surface area contributed by atoms with Gasteiger partial charge in [0.15, 0.2) is 0 Å². The molecule has 1 saturated carbocycles. The van der Waals surface area contributed by atoms with Gasteiger partial charge in [-0.15, -0.1) is 0 Å². The van der Waals surface area contributed by atoms with E-state index < -0.39 is 11.0 Å². The molecule has 2 atom stereocenters. The maximum absolute atomic E-state index is 12.9. The molecule has 1 aromatic heterocycles. The van der Waals surface area contributed by atoms with Crippen LogP contribution in [0.5, 0.6) is 0 Å². The Kier molecular flexibility index (Phi) is 5.64. The second-order valence-corrected chi connectivity index (χ2v) is 8.32. The summed E-state index contributed by atoms with van der Waals surface area (Å²) in [7, 11) is 0. The minimum atomic E-state index is -0.908. The Morgan fingerprint density at radius 2 is 2.00 bits per heavy atom. The van der Waals surface area contributed by atoms with Crippen molar-refractivity contribution in [2.24, 2.45) is 11.1 Å². The van der Waals surface area contributed by atoms with Crippen molar-refractivity contribution in [3.8, 4) is 0 Å². The third kappa shape index (κ3) is 3.47. The number of nitrogens with two attached hydrogens (primary N) is 1. The smallest absolute Gasteiger partial charge is 0.241 e. The van der Waals surface area contributed by atoms with Crippen molar-refractivity contribution in [1.82, 2.24) is 15.1 Å². The summed E-state index contributed by atoms with van der Waals surface area (Å²) < 4.78 is 7.72. The standard InChI is InChI=1S/C22H32N4O2/c1-6-28-19-12-22(23,21(19,4)5)20(27)24-13-18-15(2)25-26(16(18)3)14-17-10-8-7-9-11-17/h7-11,19H,6,12-14,23H2,1-5H3,(H,24,27). The van der Waals surface area contributed by atoms with Crippen molar-refractivity contribution in [2.75, 3.05) is 6.61 Å². The molecule has 2 aromatic rings. The SMILES string of the molecule is CCOC1CC(N)(C(=O)NCc2c(C)nn(Cc3ccccc3)c2C)C1(C)C.